The average Bonchev–Trinajstić information content (AvgIpc) is 3.06. The lowest BCUT2D eigenvalue weighted by molar-refractivity contribution is -0.120. The van der Waals surface area contributed by atoms with E-state index in [1.807, 2.05) is 0 Å². The Bertz CT molecular complexity index is 1150. The van der Waals surface area contributed by atoms with Gasteiger partial charge in [0, 0.05) is 26.2 Å². The zero-order chi connectivity index (χ0) is 23.2. The fraction of sp³-hybridized carbons (Fsp3) is 0.304. The van der Waals surface area contributed by atoms with Gasteiger partial charge in [0.15, 0.2) is 0 Å². The third-order valence-corrected chi connectivity index (χ3v) is 6.25. The highest BCUT2D eigenvalue weighted by Gasteiger charge is 2.53. The number of hydrogen-bond donors (Lipinski definition) is 1. The van der Waals surface area contributed by atoms with E-state index in [1.165, 1.54) is 15.9 Å². The summed E-state index contributed by atoms with van der Waals surface area (Å²) >= 11 is 6.23. The lowest BCUT2D eigenvalue weighted by Crippen LogP contribution is -2.63. The van der Waals surface area contributed by atoms with Gasteiger partial charge >= 0.3 is 0 Å². The minimum atomic E-state index is -0.917. The topological polar surface area (TPSA) is 90.0 Å². The van der Waals surface area contributed by atoms with E-state index < -0.39 is 11.6 Å². The fourth-order valence-electron chi connectivity index (χ4n) is 4.29. The minimum Gasteiger partial charge on any atom is -0.345 e. The van der Waals surface area contributed by atoms with Gasteiger partial charge < -0.3 is 15.1 Å². The predicted molar refractivity (Wildman–Crippen MR) is 121 cm³/mol. The van der Waals surface area contributed by atoms with Crippen LogP contribution in [0.4, 0.5) is 11.4 Å². The fourth-order valence-corrected chi connectivity index (χ4v) is 4.55. The summed E-state index contributed by atoms with van der Waals surface area (Å²) in [5.74, 6) is -1.05. The second kappa shape index (κ2) is 7.94. The van der Waals surface area contributed by atoms with Crippen LogP contribution in [0.1, 0.15) is 40.5 Å². The third-order valence-electron chi connectivity index (χ3n) is 5.94. The Kier molecular flexibility index (Phi) is 5.42. The van der Waals surface area contributed by atoms with Crippen LogP contribution >= 0.6 is 11.6 Å². The second-order valence-corrected chi connectivity index (χ2v) is 8.70. The Morgan fingerprint density at radius 3 is 2.56 bits per heavy atom. The summed E-state index contributed by atoms with van der Waals surface area (Å²) in [5, 5.41) is 2.94. The van der Waals surface area contributed by atoms with Crippen LogP contribution in [0, 0.1) is 0 Å². The van der Waals surface area contributed by atoms with Crippen LogP contribution in [0.3, 0.4) is 0 Å². The first-order chi connectivity index (χ1) is 15.1. The molecule has 2 aromatic rings. The standard InChI is InChI=1S/C23H23ClN4O4/c1-23-11-10-20(30)28(23)18-7-5-4-6-16(18)22(32)27(23)13-19(29)25-14-8-9-15(17(24)12-14)21(31)26(2)3/h4-9,12H,10-11,13H2,1-3H3,(H,25,29). The molecule has 0 bridgehead atoms. The highest BCUT2D eigenvalue weighted by atomic mass is 35.5. The van der Waals surface area contributed by atoms with Crippen LogP contribution in [-0.2, 0) is 9.59 Å². The molecule has 2 heterocycles. The van der Waals surface area contributed by atoms with Crippen molar-refractivity contribution in [1.82, 2.24) is 9.80 Å². The number of benzene rings is 2. The summed E-state index contributed by atoms with van der Waals surface area (Å²) in [6.07, 6.45) is 0.736. The van der Waals surface area contributed by atoms with Crippen molar-refractivity contribution in [2.75, 3.05) is 30.9 Å². The van der Waals surface area contributed by atoms with E-state index in [0.29, 0.717) is 35.3 Å². The van der Waals surface area contributed by atoms with Gasteiger partial charge in [-0.25, -0.2) is 0 Å². The van der Waals surface area contributed by atoms with Gasteiger partial charge in [0.25, 0.3) is 11.8 Å². The van der Waals surface area contributed by atoms with Crippen molar-refractivity contribution < 1.29 is 19.2 Å². The van der Waals surface area contributed by atoms with Crippen molar-refractivity contribution in [2.45, 2.75) is 25.4 Å². The number of carbonyl (C=O) groups excluding carboxylic acids is 4. The number of anilines is 2. The van der Waals surface area contributed by atoms with Crippen LogP contribution < -0.4 is 10.2 Å². The molecule has 1 unspecified atom stereocenters. The summed E-state index contributed by atoms with van der Waals surface area (Å²) in [7, 11) is 3.25. The molecule has 0 saturated carbocycles. The monoisotopic (exact) mass is 454 g/mol. The van der Waals surface area contributed by atoms with Crippen molar-refractivity contribution in [3.05, 3.63) is 58.6 Å². The van der Waals surface area contributed by atoms with E-state index in [0.717, 1.165) is 0 Å². The molecule has 1 saturated heterocycles. The zero-order valence-electron chi connectivity index (χ0n) is 18.0. The molecule has 4 amide bonds. The zero-order valence-corrected chi connectivity index (χ0v) is 18.8. The summed E-state index contributed by atoms with van der Waals surface area (Å²) in [4.78, 5) is 55.3. The Hall–Kier alpha value is -3.39. The molecule has 0 radical (unpaired) electrons. The SMILES string of the molecule is CN(C)C(=O)c1ccc(NC(=O)CN2C(=O)c3ccccc3N3C(=O)CCC23C)cc1Cl. The van der Waals surface area contributed by atoms with Crippen LogP contribution in [0.15, 0.2) is 42.5 Å². The maximum Gasteiger partial charge on any atom is 0.258 e. The molecule has 1 N–H and O–H groups in total. The number of rotatable bonds is 4. The quantitative estimate of drug-likeness (QED) is 0.769. The number of hydrogen-bond acceptors (Lipinski definition) is 4. The van der Waals surface area contributed by atoms with Gasteiger partial charge in [0.1, 0.15) is 12.2 Å². The molecular weight excluding hydrogens is 432 g/mol. The molecule has 4 rings (SSSR count). The van der Waals surface area contributed by atoms with Gasteiger partial charge in [-0.3, -0.25) is 24.1 Å². The molecule has 0 spiro atoms. The molecule has 1 atom stereocenters. The number of para-hydroxylation sites is 1. The molecule has 2 aromatic carbocycles. The molecular formula is C23H23ClN4O4. The van der Waals surface area contributed by atoms with E-state index >= 15 is 0 Å². The Morgan fingerprint density at radius 1 is 1.16 bits per heavy atom. The molecule has 32 heavy (non-hydrogen) atoms. The summed E-state index contributed by atoms with van der Waals surface area (Å²) < 4.78 is 0. The van der Waals surface area contributed by atoms with Crippen LogP contribution in [0.2, 0.25) is 5.02 Å². The first-order valence-electron chi connectivity index (χ1n) is 10.2. The molecule has 9 heteroatoms. The number of nitrogens with zero attached hydrogens (tertiary/aromatic N) is 3. The maximum atomic E-state index is 13.2. The number of halogens is 1. The molecule has 2 aliphatic rings. The number of nitrogens with one attached hydrogen (secondary N) is 1. The van der Waals surface area contributed by atoms with E-state index in [9.17, 15) is 19.2 Å². The molecule has 166 valence electrons. The van der Waals surface area contributed by atoms with Crippen LogP contribution in [-0.4, -0.2) is 59.7 Å². The summed E-state index contributed by atoms with van der Waals surface area (Å²) in [5.41, 5.74) is 0.781. The predicted octanol–water partition coefficient (Wildman–Crippen LogP) is 2.98. The van der Waals surface area contributed by atoms with Crippen LogP contribution in [0.5, 0.6) is 0 Å². The van der Waals surface area contributed by atoms with E-state index in [-0.39, 0.29) is 29.3 Å². The van der Waals surface area contributed by atoms with Gasteiger partial charge in [-0.05, 0) is 43.7 Å². The first kappa shape index (κ1) is 21.8. The van der Waals surface area contributed by atoms with Gasteiger partial charge in [0.2, 0.25) is 11.8 Å². The summed E-state index contributed by atoms with van der Waals surface area (Å²) in [6, 6.07) is 11.6. The second-order valence-electron chi connectivity index (χ2n) is 8.30. The van der Waals surface area contributed by atoms with Crippen molar-refractivity contribution in [1.29, 1.82) is 0 Å². The smallest absolute Gasteiger partial charge is 0.258 e. The number of fused-ring (bicyclic) bond motifs is 3. The Labute approximate surface area is 190 Å². The van der Waals surface area contributed by atoms with Crippen molar-refractivity contribution in [3.8, 4) is 0 Å². The van der Waals surface area contributed by atoms with E-state index in [2.05, 4.69) is 5.32 Å². The van der Waals surface area contributed by atoms with Crippen LogP contribution in [0.25, 0.3) is 0 Å². The molecule has 0 aliphatic carbocycles. The maximum absolute atomic E-state index is 13.2. The Morgan fingerprint density at radius 2 is 1.88 bits per heavy atom. The van der Waals surface area contributed by atoms with Gasteiger partial charge in [0.05, 0.1) is 21.8 Å². The molecule has 2 aliphatic heterocycles. The van der Waals surface area contributed by atoms with Crippen molar-refractivity contribution in [2.24, 2.45) is 0 Å². The Balaban J connectivity index is 1.57. The largest absolute Gasteiger partial charge is 0.345 e. The average molecular weight is 455 g/mol. The lowest BCUT2D eigenvalue weighted by atomic mass is 9.98. The van der Waals surface area contributed by atoms with Crippen molar-refractivity contribution >= 4 is 46.6 Å². The van der Waals surface area contributed by atoms with E-state index in [1.54, 1.807) is 62.3 Å². The number of carbonyl (C=O) groups is 4. The van der Waals surface area contributed by atoms with Gasteiger partial charge in [-0.2, -0.15) is 0 Å². The molecule has 1 fully saturated rings. The minimum absolute atomic E-state index is 0.0780. The lowest BCUT2D eigenvalue weighted by Gasteiger charge is -2.48. The number of amides is 4. The normalized spacial score (nSPS) is 19.5. The molecule has 8 nitrogen and oxygen atoms in total. The van der Waals surface area contributed by atoms with Crippen molar-refractivity contribution in [3.63, 3.8) is 0 Å². The highest BCUT2D eigenvalue weighted by Crippen LogP contribution is 2.43. The molecule has 0 aromatic heterocycles. The van der Waals surface area contributed by atoms with Gasteiger partial charge in [-0.15, -0.1) is 0 Å². The van der Waals surface area contributed by atoms with E-state index in [4.69, 9.17) is 11.6 Å². The first-order valence-corrected chi connectivity index (χ1v) is 10.6. The third kappa shape index (κ3) is 3.50. The highest BCUT2D eigenvalue weighted by molar-refractivity contribution is 6.34. The van der Waals surface area contributed by atoms with Gasteiger partial charge in [-0.1, -0.05) is 23.7 Å². The summed E-state index contributed by atoms with van der Waals surface area (Å²) in [6.45, 7) is 1.57.